The van der Waals surface area contributed by atoms with Crippen molar-refractivity contribution in [3.8, 4) is 0 Å². The number of thiophene rings is 1. The Balaban J connectivity index is 2.12. The van der Waals surface area contributed by atoms with Crippen molar-refractivity contribution in [1.29, 1.82) is 0 Å². The van der Waals surface area contributed by atoms with Crippen LogP contribution in [0.4, 0.5) is 10.1 Å². The molecule has 0 radical (unpaired) electrons. The molecule has 0 fully saturated rings. The second-order valence-electron chi connectivity index (χ2n) is 4.08. The highest BCUT2D eigenvalue weighted by Gasteiger charge is 2.16. The predicted octanol–water partition coefficient (Wildman–Crippen LogP) is 3.61. The van der Waals surface area contributed by atoms with Gasteiger partial charge in [-0.1, -0.05) is 11.6 Å². The molecule has 0 aliphatic heterocycles. The molecule has 1 unspecified atom stereocenters. The molecule has 1 aromatic heterocycles. The van der Waals surface area contributed by atoms with E-state index in [-0.39, 0.29) is 17.3 Å². The Morgan fingerprint density at radius 3 is 2.74 bits per heavy atom. The number of benzene rings is 1. The molecule has 2 aromatic rings. The van der Waals surface area contributed by atoms with Gasteiger partial charge in [-0.05, 0) is 37.3 Å². The molecular weight excluding hydrogens is 287 g/mol. The molecule has 1 heterocycles. The van der Waals surface area contributed by atoms with E-state index in [0.717, 1.165) is 10.9 Å². The van der Waals surface area contributed by atoms with Gasteiger partial charge in [-0.25, -0.2) is 4.39 Å². The van der Waals surface area contributed by atoms with Crippen molar-refractivity contribution in [3.63, 3.8) is 0 Å². The van der Waals surface area contributed by atoms with Crippen LogP contribution in [0.3, 0.4) is 0 Å². The summed E-state index contributed by atoms with van der Waals surface area (Å²) in [7, 11) is 0. The van der Waals surface area contributed by atoms with Crippen molar-refractivity contribution >= 4 is 34.5 Å². The summed E-state index contributed by atoms with van der Waals surface area (Å²) >= 11 is 7.21. The maximum Gasteiger partial charge on any atom is 0.254 e. The Labute approximate surface area is 119 Å². The lowest BCUT2D eigenvalue weighted by Crippen LogP contribution is -2.27. The summed E-state index contributed by atoms with van der Waals surface area (Å²) in [6.07, 6.45) is 0. The Morgan fingerprint density at radius 1 is 1.42 bits per heavy atom. The van der Waals surface area contributed by atoms with Gasteiger partial charge in [-0.2, -0.15) is 0 Å². The molecule has 1 aromatic carbocycles. The van der Waals surface area contributed by atoms with E-state index in [9.17, 15) is 9.18 Å². The van der Waals surface area contributed by atoms with Crippen molar-refractivity contribution in [3.05, 3.63) is 50.9 Å². The molecule has 19 heavy (non-hydrogen) atoms. The van der Waals surface area contributed by atoms with E-state index < -0.39 is 11.7 Å². The molecule has 0 saturated heterocycles. The van der Waals surface area contributed by atoms with Crippen LogP contribution >= 0.6 is 22.9 Å². The highest BCUT2D eigenvalue weighted by Crippen LogP contribution is 2.27. The first kappa shape index (κ1) is 13.8. The molecule has 0 aliphatic rings. The molecule has 0 aliphatic carbocycles. The quantitative estimate of drug-likeness (QED) is 0.851. The minimum atomic E-state index is -0.631. The minimum absolute atomic E-state index is 0.0243. The fourth-order valence-electron chi connectivity index (χ4n) is 1.62. The molecule has 0 saturated carbocycles. The summed E-state index contributed by atoms with van der Waals surface area (Å²) in [5.74, 6) is -1.11. The van der Waals surface area contributed by atoms with Crippen molar-refractivity contribution in [2.24, 2.45) is 0 Å². The number of carbonyl (C=O) groups is 1. The third-order valence-corrected chi connectivity index (χ3v) is 4.02. The van der Waals surface area contributed by atoms with E-state index in [1.807, 2.05) is 13.0 Å². The minimum Gasteiger partial charge on any atom is -0.399 e. The summed E-state index contributed by atoms with van der Waals surface area (Å²) in [6.45, 7) is 1.81. The van der Waals surface area contributed by atoms with Crippen LogP contribution in [0, 0.1) is 5.82 Å². The van der Waals surface area contributed by atoms with Gasteiger partial charge >= 0.3 is 0 Å². The maximum absolute atomic E-state index is 13.6. The molecule has 1 atom stereocenters. The van der Waals surface area contributed by atoms with Crippen molar-refractivity contribution in [2.75, 3.05) is 5.73 Å². The van der Waals surface area contributed by atoms with Gasteiger partial charge in [0.15, 0.2) is 0 Å². The molecular formula is C13H12ClFN2OS. The van der Waals surface area contributed by atoms with Crippen LogP contribution in [0.2, 0.25) is 4.34 Å². The summed E-state index contributed by atoms with van der Waals surface area (Å²) in [5.41, 5.74) is 5.70. The number of anilines is 1. The van der Waals surface area contributed by atoms with Crippen molar-refractivity contribution in [2.45, 2.75) is 13.0 Å². The molecule has 3 nitrogen and oxygen atoms in total. The monoisotopic (exact) mass is 298 g/mol. The van der Waals surface area contributed by atoms with Crippen LogP contribution < -0.4 is 11.1 Å². The number of rotatable bonds is 3. The number of nitrogens with one attached hydrogen (secondary N) is 1. The number of nitrogens with two attached hydrogens (primary N) is 1. The zero-order valence-corrected chi connectivity index (χ0v) is 11.7. The van der Waals surface area contributed by atoms with Gasteiger partial charge in [-0.15, -0.1) is 11.3 Å². The predicted molar refractivity (Wildman–Crippen MR) is 76.0 cm³/mol. The normalized spacial score (nSPS) is 12.2. The zero-order chi connectivity index (χ0) is 14.0. The molecule has 0 spiro atoms. The molecule has 100 valence electrons. The number of amides is 1. The number of hydrogen-bond donors (Lipinski definition) is 2. The first-order valence-electron chi connectivity index (χ1n) is 5.58. The highest BCUT2D eigenvalue weighted by atomic mass is 35.5. The van der Waals surface area contributed by atoms with E-state index >= 15 is 0 Å². The van der Waals surface area contributed by atoms with Gasteiger partial charge in [0.2, 0.25) is 0 Å². The Morgan fingerprint density at radius 2 is 2.16 bits per heavy atom. The second kappa shape index (κ2) is 5.59. The zero-order valence-electron chi connectivity index (χ0n) is 10.1. The summed E-state index contributed by atoms with van der Waals surface area (Å²) in [6, 6.07) is 7.34. The fourth-order valence-corrected chi connectivity index (χ4v) is 2.69. The van der Waals surface area contributed by atoms with Crippen molar-refractivity contribution < 1.29 is 9.18 Å². The number of halogens is 2. The van der Waals surface area contributed by atoms with Gasteiger partial charge in [-0.3, -0.25) is 4.79 Å². The SMILES string of the molecule is CC(NC(=O)c1ccc(N)cc1F)c1ccc(Cl)s1. The standard InChI is InChI=1S/C13H12ClFN2OS/c1-7(11-4-5-12(14)19-11)17-13(18)9-3-2-8(16)6-10(9)15/h2-7H,16H2,1H3,(H,17,18). The lowest BCUT2D eigenvalue weighted by Gasteiger charge is -2.12. The van der Waals surface area contributed by atoms with Crippen LogP contribution in [0.5, 0.6) is 0 Å². The average Bonchev–Trinajstić information content (AvgIpc) is 2.75. The van der Waals surface area contributed by atoms with Crippen LogP contribution in [0.1, 0.15) is 28.2 Å². The lowest BCUT2D eigenvalue weighted by atomic mass is 10.1. The number of carbonyl (C=O) groups excluding carboxylic acids is 1. The summed E-state index contributed by atoms with van der Waals surface area (Å²) in [4.78, 5) is 12.9. The van der Waals surface area contributed by atoms with Gasteiger partial charge in [0.05, 0.1) is 15.9 Å². The topological polar surface area (TPSA) is 55.1 Å². The Hall–Kier alpha value is -1.59. The van der Waals surface area contributed by atoms with E-state index in [0.29, 0.717) is 4.34 Å². The number of nitrogen functional groups attached to an aromatic ring is 1. The molecule has 2 rings (SSSR count). The smallest absolute Gasteiger partial charge is 0.254 e. The van der Waals surface area contributed by atoms with Crippen LogP contribution in [0.15, 0.2) is 30.3 Å². The van der Waals surface area contributed by atoms with Gasteiger partial charge in [0.1, 0.15) is 5.82 Å². The van der Waals surface area contributed by atoms with Gasteiger partial charge in [0, 0.05) is 10.6 Å². The van der Waals surface area contributed by atoms with E-state index in [4.69, 9.17) is 17.3 Å². The van der Waals surface area contributed by atoms with Gasteiger partial charge in [0.25, 0.3) is 5.91 Å². The first-order chi connectivity index (χ1) is 8.97. The highest BCUT2D eigenvalue weighted by molar-refractivity contribution is 7.16. The molecule has 6 heteroatoms. The second-order valence-corrected chi connectivity index (χ2v) is 5.82. The van der Waals surface area contributed by atoms with Crippen molar-refractivity contribution in [1.82, 2.24) is 5.32 Å². The largest absolute Gasteiger partial charge is 0.399 e. The average molecular weight is 299 g/mol. The maximum atomic E-state index is 13.6. The van der Waals surface area contributed by atoms with Crippen LogP contribution in [-0.4, -0.2) is 5.91 Å². The van der Waals surface area contributed by atoms with Crippen LogP contribution in [-0.2, 0) is 0 Å². The summed E-state index contributed by atoms with van der Waals surface area (Å²) < 4.78 is 14.2. The summed E-state index contributed by atoms with van der Waals surface area (Å²) in [5, 5.41) is 2.72. The molecule has 3 N–H and O–H groups in total. The van der Waals surface area contributed by atoms with Gasteiger partial charge < -0.3 is 11.1 Å². The van der Waals surface area contributed by atoms with E-state index in [1.54, 1.807) is 6.07 Å². The fraction of sp³-hybridized carbons (Fsp3) is 0.154. The Kier molecular flexibility index (Phi) is 4.07. The van der Waals surface area contributed by atoms with E-state index in [1.165, 1.54) is 23.5 Å². The first-order valence-corrected chi connectivity index (χ1v) is 6.78. The third kappa shape index (κ3) is 3.24. The molecule has 1 amide bonds. The van der Waals surface area contributed by atoms with E-state index in [2.05, 4.69) is 5.32 Å². The molecule has 0 bridgehead atoms. The lowest BCUT2D eigenvalue weighted by molar-refractivity contribution is 0.0936. The third-order valence-electron chi connectivity index (χ3n) is 2.61. The number of hydrogen-bond acceptors (Lipinski definition) is 3. The van der Waals surface area contributed by atoms with Crippen LogP contribution in [0.25, 0.3) is 0 Å². The Bertz CT molecular complexity index is 614.